The molecule has 7 nitrogen and oxygen atoms in total. The highest BCUT2D eigenvalue weighted by Crippen LogP contribution is 2.28. The van der Waals surface area contributed by atoms with Crippen molar-refractivity contribution in [2.45, 2.75) is 33.6 Å². The van der Waals surface area contributed by atoms with Crippen molar-refractivity contribution in [2.24, 2.45) is 5.92 Å². The lowest BCUT2D eigenvalue weighted by atomic mass is 10.1. The van der Waals surface area contributed by atoms with Crippen LogP contribution in [-0.4, -0.2) is 21.5 Å². The molecule has 0 aliphatic carbocycles. The van der Waals surface area contributed by atoms with Gasteiger partial charge in [-0.25, -0.2) is 4.98 Å². The summed E-state index contributed by atoms with van der Waals surface area (Å²) in [4.78, 5) is 18.0. The molecule has 2 N–H and O–H groups in total. The van der Waals surface area contributed by atoms with Gasteiger partial charge in [0.1, 0.15) is 5.69 Å². The lowest BCUT2D eigenvalue weighted by Crippen LogP contribution is -2.13. The van der Waals surface area contributed by atoms with E-state index in [1.54, 1.807) is 0 Å². The average molecular weight is 254 g/mol. The minimum Gasteiger partial charge on any atom is -0.472 e. The molecule has 1 rings (SSSR count). The van der Waals surface area contributed by atoms with Crippen LogP contribution in [-0.2, 0) is 0 Å². The quantitative estimate of drug-likeness (QED) is 0.615. The first kappa shape index (κ1) is 14.1. The van der Waals surface area contributed by atoms with Crippen LogP contribution in [0.25, 0.3) is 0 Å². The van der Waals surface area contributed by atoms with Gasteiger partial charge in [-0.1, -0.05) is 26.7 Å². The summed E-state index contributed by atoms with van der Waals surface area (Å²) in [5.41, 5.74) is 5.48. The van der Waals surface area contributed by atoms with Gasteiger partial charge in [0.15, 0.2) is 0 Å². The lowest BCUT2D eigenvalue weighted by molar-refractivity contribution is -0.387. The van der Waals surface area contributed by atoms with Gasteiger partial charge < -0.3 is 10.5 Å². The summed E-state index contributed by atoms with van der Waals surface area (Å²) in [5, 5.41) is 10.9. The second kappa shape index (κ2) is 6.13. The van der Waals surface area contributed by atoms with Crippen molar-refractivity contribution < 1.29 is 9.66 Å². The molecule has 0 saturated heterocycles. The molecule has 0 radical (unpaired) electrons. The van der Waals surface area contributed by atoms with Crippen LogP contribution in [0.5, 0.6) is 5.88 Å². The summed E-state index contributed by atoms with van der Waals surface area (Å²) in [6.45, 7) is 6.00. The topological polar surface area (TPSA) is 104 Å². The Morgan fingerprint density at radius 3 is 2.50 bits per heavy atom. The average Bonchev–Trinajstić information content (AvgIpc) is 2.28. The number of nitrogen functional groups attached to an aromatic ring is 1. The second-order valence-corrected chi connectivity index (χ2v) is 4.07. The Hall–Kier alpha value is -1.92. The van der Waals surface area contributed by atoms with E-state index in [1.807, 2.05) is 13.8 Å². The van der Waals surface area contributed by atoms with E-state index in [-0.39, 0.29) is 23.2 Å². The first-order valence-corrected chi connectivity index (χ1v) is 5.90. The van der Waals surface area contributed by atoms with Crippen molar-refractivity contribution in [3.05, 3.63) is 15.8 Å². The van der Waals surface area contributed by atoms with Crippen molar-refractivity contribution in [3.63, 3.8) is 0 Å². The Balaban J connectivity index is 2.96. The van der Waals surface area contributed by atoms with E-state index in [0.29, 0.717) is 12.5 Å². The van der Waals surface area contributed by atoms with Gasteiger partial charge >= 0.3 is 5.69 Å². The number of rotatable bonds is 6. The zero-order chi connectivity index (χ0) is 13.7. The lowest BCUT2D eigenvalue weighted by Gasteiger charge is -2.13. The van der Waals surface area contributed by atoms with Crippen molar-refractivity contribution in [1.29, 1.82) is 0 Å². The molecule has 0 aliphatic rings. The molecule has 0 aromatic carbocycles. The standard InChI is InChI=1S/C11H18N4O3/c1-4-8(5-2)6-18-10-9(15(16)17)7(3)13-11(12)14-10/h8H,4-6H2,1-3H3,(H2,12,13,14). The summed E-state index contributed by atoms with van der Waals surface area (Å²) >= 11 is 0. The van der Waals surface area contributed by atoms with E-state index in [2.05, 4.69) is 9.97 Å². The van der Waals surface area contributed by atoms with Crippen LogP contribution >= 0.6 is 0 Å². The highest BCUT2D eigenvalue weighted by molar-refractivity contribution is 5.47. The molecule has 0 atom stereocenters. The van der Waals surface area contributed by atoms with E-state index < -0.39 is 4.92 Å². The number of aromatic nitrogens is 2. The molecule has 0 spiro atoms. The zero-order valence-corrected chi connectivity index (χ0v) is 10.8. The molecule has 0 unspecified atom stereocenters. The van der Waals surface area contributed by atoms with Gasteiger partial charge in [-0.15, -0.1) is 0 Å². The summed E-state index contributed by atoms with van der Waals surface area (Å²) in [6.07, 6.45) is 1.90. The summed E-state index contributed by atoms with van der Waals surface area (Å²) in [6, 6.07) is 0. The molecule has 0 saturated carbocycles. The fraction of sp³-hybridized carbons (Fsp3) is 0.636. The van der Waals surface area contributed by atoms with E-state index in [0.717, 1.165) is 12.8 Å². The number of anilines is 1. The maximum absolute atomic E-state index is 10.9. The predicted octanol–water partition coefficient (Wildman–Crippen LogP) is 2.09. The monoisotopic (exact) mass is 254 g/mol. The molecule has 1 aromatic rings. The fourth-order valence-corrected chi connectivity index (χ4v) is 1.59. The Labute approximate surface area is 106 Å². The SMILES string of the molecule is CCC(CC)COc1nc(N)nc(C)c1[N+](=O)[O-]. The summed E-state index contributed by atoms with van der Waals surface area (Å²) < 4.78 is 5.43. The third kappa shape index (κ3) is 3.28. The number of nitrogens with zero attached hydrogens (tertiary/aromatic N) is 3. The molecule has 1 heterocycles. The minimum atomic E-state index is -0.545. The first-order chi connectivity index (χ1) is 8.49. The number of aryl methyl sites for hydroxylation is 1. The van der Waals surface area contributed by atoms with Crippen LogP contribution in [0.2, 0.25) is 0 Å². The molecular formula is C11H18N4O3. The predicted molar refractivity (Wildman–Crippen MR) is 67.4 cm³/mol. The van der Waals surface area contributed by atoms with E-state index >= 15 is 0 Å². The van der Waals surface area contributed by atoms with Crippen LogP contribution in [0.15, 0.2) is 0 Å². The Morgan fingerprint density at radius 2 is 2.00 bits per heavy atom. The maximum Gasteiger partial charge on any atom is 0.352 e. The van der Waals surface area contributed by atoms with Crippen molar-refractivity contribution in [1.82, 2.24) is 9.97 Å². The minimum absolute atomic E-state index is 0.0161. The number of nitro groups is 1. The van der Waals surface area contributed by atoms with E-state index in [9.17, 15) is 10.1 Å². The molecule has 100 valence electrons. The highest BCUT2D eigenvalue weighted by Gasteiger charge is 2.23. The van der Waals surface area contributed by atoms with Gasteiger partial charge in [-0.2, -0.15) is 4.98 Å². The van der Waals surface area contributed by atoms with Crippen molar-refractivity contribution in [2.75, 3.05) is 12.3 Å². The third-order valence-electron chi connectivity index (χ3n) is 2.84. The number of ether oxygens (including phenoxy) is 1. The van der Waals surface area contributed by atoms with Gasteiger partial charge in [0.25, 0.3) is 5.88 Å². The smallest absolute Gasteiger partial charge is 0.352 e. The van der Waals surface area contributed by atoms with Crippen LogP contribution in [0.3, 0.4) is 0 Å². The Bertz CT molecular complexity index is 433. The van der Waals surface area contributed by atoms with Crippen molar-refractivity contribution >= 4 is 11.6 Å². The van der Waals surface area contributed by atoms with Gasteiger partial charge in [-0.05, 0) is 12.8 Å². The maximum atomic E-state index is 10.9. The molecule has 7 heteroatoms. The van der Waals surface area contributed by atoms with Crippen molar-refractivity contribution in [3.8, 4) is 5.88 Å². The van der Waals surface area contributed by atoms with E-state index in [1.165, 1.54) is 6.92 Å². The normalized spacial score (nSPS) is 10.7. The Kier molecular flexibility index (Phi) is 4.82. The van der Waals surface area contributed by atoms with Gasteiger partial charge in [-0.3, -0.25) is 10.1 Å². The number of hydrogen-bond acceptors (Lipinski definition) is 6. The molecular weight excluding hydrogens is 236 g/mol. The Morgan fingerprint density at radius 1 is 1.39 bits per heavy atom. The van der Waals surface area contributed by atoms with Crippen LogP contribution in [0.1, 0.15) is 32.4 Å². The number of hydrogen-bond donors (Lipinski definition) is 1. The molecule has 0 aliphatic heterocycles. The zero-order valence-electron chi connectivity index (χ0n) is 10.8. The molecule has 18 heavy (non-hydrogen) atoms. The largest absolute Gasteiger partial charge is 0.472 e. The summed E-state index contributed by atoms with van der Waals surface area (Å²) in [7, 11) is 0. The highest BCUT2D eigenvalue weighted by atomic mass is 16.6. The van der Waals surface area contributed by atoms with Crippen LogP contribution in [0.4, 0.5) is 11.6 Å². The van der Waals surface area contributed by atoms with E-state index in [4.69, 9.17) is 10.5 Å². The first-order valence-electron chi connectivity index (χ1n) is 5.90. The molecule has 1 aromatic heterocycles. The van der Waals surface area contributed by atoms with Crippen LogP contribution in [0, 0.1) is 23.0 Å². The molecule has 0 amide bonds. The van der Waals surface area contributed by atoms with Gasteiger partial charge in [0.05, 0.1) is 11.5 Å². The molecule has 0 fully saturated rings. The third-order valence-corrected chi connectivity index (χ3v) is 2.84. The molecule has 0 bridgehead atoms. The second-order valence-electron chi connectivity index (χ2n) is 4.07. The van der Waals surface area contributed by atoms with Gasteiger partial charge in [0, 0.05) is 0 Å². The van der Waals surface area contributed by atoms with Crippen LogP contribution < -0.4 is 10.5 Å². The number of nitrogens with two attached hydrogens (primary N) is 1. The van der Waals surface area contributed by atoms with Gasteiger partial charge in [0.2, 0.25) is 5.95 Å². The fourth-order valence-electron chi connectivity index (χ4n) is 1.59. The summed E-state index contributed by atoms with van der Waals surface area (Å²) in [5.74, 6) is 0.288.